The summed E-state index contributed by atoms with van der Waals surface area (Å²) < 4.78 is 6.99. The van der Waals surface area contributed by atoms with E-state index in [2.05, 4.69) is 152 Å². The molecule has 0 fully saturated rings. The highest BCUT2D eigenvalue weighted by molar-refractivity contribution is 7.95. The predicted molar refractivity (Wildman–Crippen MR) is 146 cm³/mol. The van der Waals surface area contributed by atoms with Crippen LogP contribution in [0.1, 0.15) is 17.2 Å². The summed E-state index contributed by atoms with van der Waals surface area (Å²) in [6, 6.07) is 53.8. The van der Waals surface area contributed by atoms with Crippen molar-refractivity contribution in [3.63, 3.8) is 0 Å². The number of hydrogen-bond donors (Lipinski definition) is 0. The molecule has 166 valence electrons. The van der Waals surface area contributed by atoms with Crippen LogP contribution in [0.2, 0.25) is 0 Å². The van der Waals surface area contributed by atoms with Gasteiger partial charge in [0.15, 0.2) is 6.35 Å². The van der Waals surface area contributed by atoms with Gasteiger partial charge in [0.2, 0.25) is 0 Å². The van der Waals surface area contributed by atoms with Crippen LogP contribution in [0, 0.1) is 0 Å². The molecule has 0 aromatic heterocycles. The van der Waals surface area contributed by atoms with E-state index in [0.717, 1.165) is 0 Å². The van der Waals surface area contributed by atoms with Gasteiger partial charge in [0, 0.05) is 0 Å². The molecule has 0 N–H and O–H groups in total. The average Bonchev–Trinajstić information content (AvgIpc) is 2.94. The number of hydrogen-bond acceptors (Lipinski definition) is 1. The molecule has 5 aromatic carbocycles. The highest BCUT2D eigenvalue weighted by atomic mass is 31.2. The molecule has 2 heteroatoms. The molecule has 0 unspecified atom stereocenters. The normalized spacial score (nSPS) is 11.4. The molecule has 5 rings (SSSR count). The van der Waals surface area contributed by atoms with Crippen molar-refractivity contribution in [1.82, 2.24) is 0 Å². The van der Waals surface area contributed by atoms with Crippen LogP contribution in [-0.2, 0) is 4.74 Å². The second kappa shape index (κ2) is 10.6. The van der Waals surface area contributed by atoms with E-state index in [9.17, 15) is 0 Å². The molecule has 0 aliphatic rings. The highest BCUT2D eigenvalue weighted by Crippen LogP contribution is 2.56. The van der Waals surface area contributed by atoms with Crippen LogP contribution in [0.25, 0.3) is 0 Å². The molecule has 0 amide bonds. The van der Waals surface area contributed by atoms with E-state index in [-0.39, 0.29) is 6.10 Å². The van der Waals surface area contributed by atoms with Crippen LogP contribution in [0.15, 0.2) is 152 Å². The lowest BCUT2D eigenvalue weighted by Gasteiger charge is -2.29. The SMILES string of the molecule is c1ccc(C(OC[P+](c2ccccc2)(c2ccccc2)c2ccccc2)c2ccccc2)cc1. The van der Waals surface area contributed by atoms with Gasteiger partial charge < -0.3 is 4.74 Å². The summed E-state index contributed by atoms with van der Waals surface area (Å²) in [6.45, 7) is 0. The van der Waals surface area contributed by atoms with Gasteiger partial charge in [-0.2, -0.15) is 0 Å². The molecular formula is C32H28OP+. The van der Waals surface area contributed by atoms with E-state index >= 15 is 0 Å². The van der Waals surface area contributed by atoms with Crippen LogP contribution in [0.5, 0.6) is 0 Å². The van der Waals surface area contributed by atoms with Crippen molar-refractivity contribution in [2.24, 2.45) is 0 Å². The van der Waals surface area contributed by atoms with Crippen molar-refractivity contribution >= 4 is 23.2 Å². The van der Waals surface area contributed by atoms with Crippen molar-refractivity contribution < 1.29 is 4.74 Å². The number of benzene rings is 5. The summed E-state index contributed by atoms with van der Waals surface area (Å²) in [5.74, 6) is 0. The third kappa shape index (κ3) is 4.59. The fourth-order valence-corrected chi connectivity index (χ4v) is 8.30. The van der Waals surface area contributed by atoms with Crippen LogP contribution in [0.4, 0.5) is 0 Å². The first-order chi connectivity index (χ1) is 16.9. The van der Waals surface area contributed by atoms with E-state index in [0.29, 0.717) is 6.35 Å². The Kier molecular flexibility index (Phi) is 6.96. The minimum atomic E-state index is -2.07. The van der Waals surface area contributed by atoms with Crippen LogP contribution >= 0.6 is 7.26 Å². The van der Waals surface area contributed by atoms with Crippen molar-refractivity contribution in [3.05, 3.63) is 163 Å². The standard InChI is InChI=1S/C32H28OP/c1-6-16-27(17-7-1)32(28-18-8-2-9-19-28)33-26-34(29-20-10-3-11-21-29,30-22-12-4-13-23-30)31-24-14-5-15-25-31/h1-25,32H,26H2/q+1. The molecule has 5 aromatic rings. The van der Waals surface area contributed by atoms with Gasteiger partial charge in [0.1, 0.15) is 29.3 Å². The average molecular weight is 460 g/mol. The van der Waals surface area contributed by atoms with Gasteiger partial charge in [-0.3, -0.25) is 0 Å². The minimum absolute atomic E-state index is 0.141. The fraction of sp³-hybridized carbons (Fsp3) is 0.0625. The number of rotatable bonds is 8. The molecule has 0 saturated heterocycles. The molecule has 34 heavy (non-hydrogen) atoms. The Balaban J connectivity index is 1.65. The zero-order valence-corrected chi connectivity index (χ0v) is 20.0. The molecule has 0 aliphatic heterocycles. The lowest BCUT2D eigenvalue weighted by Crippen LogP contribution is -2.34. The first-order valence-electron chi connectivity index (χ1n) is 11.6. The first-order valence-corrected chi connectivity index (χ1v) is 13.6. The van der Waals surface area contributed by atoms with E-state index in [1.807, 2.05) is 0 Å². The third-order valence-corrected chi connectivity index (χ3v) is 10.3. The zero-order chi connectivity index (χ0) is 23.1. The largest absolute Gasteiger partial charge is 0.332 e. The zero-order valence-electron chi connectivity index (χ0n) is 19.1. The molecule has 0 atom stereocenters. The summed E-state index contributed by atoms with van der Waals surface area (Å²) >= 11 is 0. The van der Waals surface area contributed by atoms with Gasteiger partial charge in [-0.25, -0.2) is 0 Å². The van der Waals surface area contributed by atoms with Crippen LogP contribution in [-0.4, -0.2) is 6.35 Å². The molecule has 0 radical (unpaired) electrons. The van der Waals surface area contributed by atoms with Gasteiger partial charge >= 0.3 is 0 Å². The smallest absolute Gasteiger partial charge is 0.172 e. The summed E-state index contributed by atoms with van der Waals surface area (Å²) in [6.07, 6.45) is 0.470. The summed E-state index contributed by atoms with van der Waals surface area (Å²) in [4.78, 5) is 0. The van der Waals surface area contributed by atoms with Crippen LogP contribution < -0.4 is 15.9 Å². The molecule has 0 saturated carbocycles. The van der Waals surface area contributed by atoms with Gasteiger partial charge in [-0.15, -0.1) is 0 Å². The lowest BCUT2D eigenvalue weighted by molar-refractivity contribution is 0.120. The minimum Gasteiger partial charge on any atom is -0.332 e. The third-order valence-electron chi connectivity index (χ3n) is 6.23. The summed E-state index contributed by atoms with van der Waals surface area (Å²) in [5.41, 5.74) is 2.34. The Hall–Kier alpha value is -3.51. The van der Waals surface area contributed by atoms with Crippen LogP contribution in [0.3, 0.4) is 0 Å². The van der Waals surface area contributed by atoms with Crippen molar-refractivity contribution in [3.8, 4) is 0 Å². The maximum Gasteiger partial charge on any atom is 0.172 e. The molecule has 0 bridgehead atoms. The van der Waals surface area contributed by atoms with E-state index in [1.165, 1.54) is 27.0 Å². The van der Waals surface area contributed by atoms with Gasteiger partial charge in [-0.05, 0) is 47.5 Å². The second-order valence-electron chi connectivity index (χ2n) is 8.31. The molecular weight excluding hydrogens is 431 g/mol. The fourth-order valence-electron chi connectivity index (χ4n) is 4.55. The quantitative estimate of drug-likeness (QED) is 0.233. The molecule has 1 nitrogen and oxygen atoms in total. The van der Waals surface area contributed by atoms with Crippen molar-refractivity contribution in [1.29, 1.82) is 0 Å². The van der Waals surface area contributed by atoms with Gasteiger partial charge in [0.05, 0.1) is 0 Å². The van der Waals surface area contributed by atoms with Crippen molar-refractivity contribution in [2.75, 3.05) is 6.35 Å². The Morgan fingerprint density at radius 2 is 0.706 bits per heavy atom. The summed E-state index contributed by atoms with van der Waals surface area (Å²) in [5, 5.41) is 3.98. The van der Waals surface area contributed by atoms with Gasteiger partial charge in [0.25, 0.3) is 0 Å². The first kappa shape index (κ1) is 22.3. The monoisotopic (exact) mass is 459 g/mol. The Morgan fingerprint density at radius 3 is 1.03 bits per heavy atom. The predicted octanol–water partition coefficient (Wildman–Crippen LogP) is 6.74. The Bertz CT molecular complexity index is 1140. The van der Waals surface area contributed by atoms with Crippen molar-refractivity contribution in [2.45, 2.75) is 6.10 Å². The molecule has 0 spiro atoms. The molecule has 0 aliphatic carbocycles. The number of ether oxygens (including phenoxy) is 1. The molecule has 0 heterocycles. The maximum absolute atomic E-state index is 6.99. The topological polar surface area (TPSA) is 9.23 Å². The highest BCUT2D eigenvalue weighted by Gasteiger charge is 2.46. The summed E-state index contributed by atoms with van der Waals surface area (Å²) in [7, 11) is -2.07. The Labute approximate surface area is 203 Å². The maximum atomic E-state index is 6.99. The Morgan fingerprint density at radius 1 is 0.412 bits per heavy atom. The van der Waals surface area contributed by atoms with Gasteiger partial charge in [-0.1, -0.05) is 115 Å². The second-order valence-corrected chi connectivity index (χ2v) is 11.7. The van der Waals surface area contributed by atoms with E-state index in [4.69, 9.17) is 4.74 Å². The lowest BCUT2D eigenvalue weighted by atomic mass is 10.0. The van der Waals surface area contributed by atoms with E-state index in [1.54, 1.807) is 0 Å². The van der Waals surface area contributed by atoms with E-state index < -0.39 is 7.26 Å².